The van der Waals surface area contributed by atoms with Crippen LogP contribution in [0, 0.1) is 6.92 Å². The molecule has 0 spiro atoms. The number of rotatable bonds is 3. The molecule has 0 bridgehead atoms. The first kappa shape index (κ1) is 14.4. The van der Waals surface area contributed by atoms with Crippen LogP contribution in [0.15, 0.2) is 12.1 Å². The van der Waals surface area contributed by atoms with Crippen molar-refractivity contribution in [2.75, 3.05) is 13.1 Å². The summed E-state index contributed by atoms with van der Waals surface area (Å²) in [5.41, 5.74) is 3.42. The maximum Gasteiger partial charge on any atom is 0.120 e. The fraction of sp³-hybridized carbons (Fsp3) is 0.625. The predicted octanol–water partition coefficient (Wildman–Crippen LogP) is 2.78. The van der Waals surface area contributed by atoms with Crippen molar-refractivity contribution < 1.29 is 10.2 Å². The molecule has 19 heavy (non-hydrogen) atoms. The summed E-state index contributed by atoms with van der Waals surface area (Å²) >= 11 is 0. The van der Waals surface area contributed by atoms with Crippen molar-refractivity contribution in [3.05, 3.63) is 28.8 Å². The van der Waals surface area contributed by atoms with Crippen LogP contribution in [0.4, 0.5) is 0 Å². The lowest BCUT2D eigenvalue weighted by atomic mass is 9.94. The third-order valence-corrected chi connectivity index (χ3v) is 3.96. The summed E-state index contributed by atoms with van der Waals surface area (Å²) in [4.78, 5) is 2.22. The van der Waals surface area contributed by atoms with Crippen LogP contribution in [0.1, 0.15) is 49.3 Å². The van der Waals surface area contributed by atoms with Crippen molar-refractivity contribution in [3.63, 3.8) is 0 Å². The molecule has 0 aliphatic carbocycles. The molecule has 1 atom stereocenters. The van der Waals surface area contributed by atoms with E-state index >= 15 is 0 Å². The Bertz CT molecular complexity index is 443. The summed E-state index contributed by atoms with van der Waals surface area (Å²) in [6.07, 6.45) is 1.71. The smallest absolute Gasteiger partial charge is 0.120 e. The van der Waals surface area contributed by atoms with E-state index in [1.165, 1.54) is 5.56 Å². The molecule has 2 rings (SSSR count). The molecular weight excluding hydrogens is 238 g/mol. The van der Waals surface area contributed by atoms with Crippen LogP contribution in [0.5, 0.6) is 5.75 Å². The standard InChI is InChI=1S/C16H25NO2/c1-11(2)15-8-13(16(19)7-12(15)3)9-17-6-4-5-14(18)10-17/h7-8,11,14,18-19H,4-6,9-10H2,1-3H3/t14-/m0/s1. The lowest BCUT2D eigenvalue weighted by molar-refractivity contribution is 0.0664. The Morgan fingerprint density at radius 3 is 2.74 bits per heavy atom. The van der Waals surface area contributed by atoms with Crippen LogP contribution in [-0.2, 0) is 6.54 Å². The van der Waals surface area contributed by atoms with Gasteiger partial charge >= 0.3 is 0 Å². The summed E-state index contributed by atoms with van der Waals surface area (Å²) in [5.74, 6) is 0.841. The van der Waals surface area contributed by atoms with Crippen LogP contribution < -0.4 is 0 Å². The van der Waals surface area contributed by atoms with E-state index in [9.17, 15) is 10.2 Å². The van der Waals surface area contributed by atoms with Crippen molar-refractivity contribution in [2.45, 2.75) is 52.2 Å². The molecule has 0 radical (unpaired) electrons. The van der Waals surface area contributed by atoms with E-state index in [-0.39, 0.29) is 6.10 Å². The minimum atomic E-state index is -0.217. The fourth-order valence-corrected chi connectivity index (χ4v) is 2.92. The third-order valence-electron chi connectivity index (χ3n) is 3.96. The average molecular weight is 263 g/mol. The van der Waals surface area contributed by atoms with Gasteiger partial charge in [0.05, 0.1) is 6.10 Å². The highest BCUT2D eigenvalue weighted by Crippen LogP contribution is 2.28. The minimum Gasteiger partial charge on any atom is -0.508 e. The van der Waals surface area contributed by atoms with E-state index in [0.29, 0.717) is 18.2 Å². The first-order chi connectivity index (χ1) is 8.97. The predicted molar refractivity (Wildman–Crippen MR) is 77.5 cm³/mol. The highest BCUT2D eigenvalue weighted by molar-refractivity contribution is 5.42. The topological polar surface area (TPSA) is 43.7 Å². The van der Waals surface area contributed by atoms with Crippen LogP contribution in [0.2, 0.25) is 0 Å². The zero-order valence-electron chi connectivity index (χ0n) is 12.2. The van der Waals surface area contributed by atoms with E-state index in [1.807, 2.05) is 13.0 Å². The molecular formula is C16H25NO2. The Morgan fingerprint density at radius 1 is 1.37 bits per heavy atom. The van der Waals surface area contributed by atoms with E-state index in [1.54, 1.807) is 0 Å². The highest BCUT2D eigenvalue weighted by Gasteiger charge is 2.19. The zero-order chi connectivity index (χ0) is 14.0. The molecule has 106 valence electrons. The molecule has 1 heterocycles. The van der Waals surface area contributed by atoms with Gasteiger partial charge in [-0.3, -0.25) is 4.90 Å². The van der Waals surface area contributed by atoms with Crippen LogP contribution in [-0.4, -0.2) is 34.3 Å². The summed E-state index contributed by atoms with van der Waals surface area (Å²) in [5, 5.41) is 19.8. The number of likely N-dealkylation sites (tertiary alicyclic amines) is 1. The molecule has 0 amide bonds. The van der Waals surface area contributed by atoms with Gasteiger partial charge in [-0.2, -0.15) is 0 Å². The Balaban J connectivity index is 2.17. The van der Waals surface area contributed by atoms with Gasteiger partial charge in [-0.25, -0.2) is 0 Å². The number of hydrogen-bond donors (Lipinski definition) is 2. The maximum atomic E-state index is 10.1. The minimum absolute atomic E-state index is 0.217. The maximum absolute atomic E-state index is 10.1. The lowest BCUT2D eigenvalue weighted by Gasteiger charge is -2.30. The number of hydrogen-bond acceptors (Lipinski definition) is 3. The molecule has 0 saturated carbocycles. The SMILES string of the molecule is Cc1cc(O)c(CN2CCC[C@H](O)C2)cc1C(C)C. The van der Waals surface area contributed by atoms with Crippen molar-refractivity contribution >= 4 is 0 Å². The van der Waals surface area contributed by atoms with Gasteiger partial charge in [0.1, 0.15) is 5.75 Å². The molecule has 1 aromatic carbocycles. The van der Waals surface area contributed by atoms with E-state index in [2.05, 4.69) is 24.8 Å². The molecule has 3 nitrogen and oxygen atoms in total. The number of β-amino-alcohol motifs (C(OH)–C–C–N with tert-alkyl or cyclic N) is 1. The van der Waals surface area contributed by atoms with Crippen LogP contribution >= 0.6 is 0 Å². The van der Waals surface area contributed by atoms with Crippen LogP contribution in [0.25, 0.3) is 0 Å². The number of aliphatic hydroxyl groups is 1. The number of aryl methyl sites for hydroxylation is 1. The van der Waals surface area contributed by atoms with Gasteiger partial charge < -0.3 is 10.2 Å². The monoisotopic (exact) mass is 263 g/mol. The molecule has 0 aromatic heterocycles. The van der Waals surface area contributed by atoms with Gasteiger partial charge in [0.25, 0.3) is 0 Å². The van der Waals surface area contributed by atoms with E-state index in [0.717, 1.165) is 37.1 Å². The lowest BCUT2D eigenvalue weighted by Crippen LogP contribution is -2.37. The highest BCUT2D eigenvalue weighted by atomic mass is 16.3. The molecule has 1 fully saturated rings. The molecule has 1 aromatic rings. The van der Waals surface area contributed by atoms with Gasteiger partial charge in [0.15, 0.2) is 0 Å². The number of piperidine rings is 1. The summed E-state index contributed by atoms with van der Waals surface area (Å²) in [6.45, 7) is 8.83. The van der Waals surface area contributed by atoms with Gasteiger partial charge in [-0.1, -0.05) is 19.9 Å². The van der Waals surface area contributed by atoms with Crippen molar-refractivity contribution in [2.24, 2.45) is 0 Å². The number of phenolic OH excluding ortho intramolecular Hbond substituents is 1. The second kappa shape index (κ2) is 5.93. The van der Waals surface area contributed by atoms with Crippen LogP contribution in [0.3, 0.4) is 0 Å². The second-order valence-electron chi connectivity index (χ2n) is 6.02. The summed E-state index contributed by atoms with van der Waals surface area (Å²) in [7, 11) is 0. The third kappa shape index (κ3) is 3.48. The number of aliphatic hydroxyl groups excluding tert-OH is 1. The Kier molecular flexibility index (Phi) is 4.48. The first-order valence-electron chi connectivity index (χ1n) is 7.20. The Hall–Kier alpha value is -1.06. The number of phenols is 1. The summed E-state index contributed by atoms with van der Waals surface area (Å²) < 4.78 is 0. The Morgan fingerprint density at radius 2 is 2.11 bits per heavy atom. The first-order valence-corrected chi connectivity index (χ1v) is 7.20. The molecule has 2 N–H and O–H groups in total. The fourth-order valence-electron chi connectivity index (χ4n) is 2.92. The largest absolute Gasteiger partial charge is 0.508 e. The van der Waals surface area contributed by atoms with Gasteiger partial charge in [-0.15, -0.1) is 0 Å². The normalized spacial score (nSPS) is 21.0. The van der Waals surface area contributed by atoms with Gasteiger partial charge in [0.2, 0.25) is 0 Å². The van der Waals surface area contributed by atoms with E-state index in [4.69, 9.17) is 0 Å². The van der Waals surface area contributed by atoms with Gasteiger partial charge in [0, 0.05) is 18.7 Å². The Labute approximate surface area is 115 Å². The number of nitrogens with zero attached hydrogens (tertiary/aromatic N) is 1. The van der Waals surface area contributed by atoms with E-state index < -0.39 is 0 Å². The zero-order valence-corrected chi connectivity index (χ0v) is 12.2. The average Bonchev–Trinajstić information content (AvgIpc) is 2.32. The molecule has 0 unspecified atom stereocenters. The molecule has 1 saturated heterocycles. The number of benzene rings is 1. The molecule has 3 heteroatoms. The van der Waals surface area contributed by atoms with Crippen molar-refractivity contribution in [3.8, 4) is 5.75 Å². The van der Waals surface area contributed by atoms with Gasteiger partial charge in [-0.05, 0) is 49.4 Å². The second-order valence-corrected chi connectivity index (χ2v) is 6.02. The molecule has 1 aliphatic rings. The quantitative estimate of drug-likeness (QED) is 0.881. The number of aromatic hydroxyl groups is 1. The van der Waals surface area contributed by atoms with Crippen molar-refractivity contribution in [1.82, 2.24) is 4.90 Å². The molecule has 1 aliphatic heterocycles. The summed E-state index contributed by atoms with van der Waals surface area (Å²) in [6, 6.07) is 3.99. The van der Waals surface area contributed by atoms with Crippen molar-refractivity contribution in [1.29, 1.82) is 0 Å².